The predicted octanol–water partition coefficient (Wildman–Crippen LogP) is 5.16. The molecule has 0 saturated heterocycles. The smallest absolute Gasteiger partial charge is 0.206 e. The lowest BCUT2D eigenvalue weighted by Gasteiger charge is -2.11. The van der Waals surface area contributed by atoms with Gasteiger partial charge in [0.25, 0.3) is 0 Å². The Morgan fingerprint density at radius 3 is 1.56 bits per heavy atom. The maximum Gasteiger partial charge on any atom is 0.206 e. The molecule has 0 unspecified atom stereocenters. The van der Waals surface area contributed by atoms with Gasteiger partial charge in [-0.25, -0.2) is 8.42 Å². The molecule has 0 fully saturated rings. The third kappa shape index (κ3) is 4.61. The van der Waals surface area contributed by atoms with Crippen molar-refractivity contribution in [2.24, 2.45) is 0 Å². The highest BCUT2D eigenvalue weighted by atomic mass is 32.2. The number of hydrogen-bond donors (Lipinski definition) is 2. The summed E-state index contributed by atoms with van der Waals surface area (Å²) < 4.78 is 31.6. The first-order valence-electron chi connectivity index (χ1n) is 10.8. The Balaban J connectivity index is 1.60. The van der Waals surface area contributed by atoms with Crippen LogP contribution in [0.5, 0.6) is 5.75 Å². The molecule has 5 nitrogen and oxygen atoms in total. The largest absolute Gasteiger partial charge is 0.496 e. The van der Waals surface area contributed by atoms with Crippen molar-refractivity contribution in [2.75, 3.05) is 7.11 Å². The van der Waals surface area contributed by atoms with Crippen LogP contribution in [0.2, 0.25) is 0 Å². The van der Waals surface area contributed by atoms with Gasteiger partial charge in [0.05, 0.1) is 30.1 Å². The van der Waals surface area contributed by atoms with Crippen LogP contribution in [0, 0.1) is 6.92 Å². The molecule has 34 heavy (non-hydrogen) atoms. The van der Waals surface area contributed by atoms with Crippen LogP contribution in [0.3, 0.4) is 0 Å². The first-order chi connectivity index (χ1) is 16.4. The fraction of sp³-hybridized carbons (Fsp3) is 0.143. The molecule has 0 radical (unpaired) electrons. The van der Waals surface area contributed by atoms with Crippen molar-refractivity contribution in [3.63, 3.8) is 0 Å². The minimum absolute atomic E-state index is 0.0417. The van der Waals surface area contributed by atoms with Gasteiger partial charge >= 0.3 is 0 Å². The molecule has 0 aliphatic heterocycles. The fourth-order valence-electron chi connectivity index (χ4n) is 3.89. The molecule has 0 amide bonds. The van der Waals surface area contributed by atoms with Crippen LogP contribution in [-0.4, -0.2) is 25.7 Å². The molecule has 0 aromatic heterocycles. The summed E-state index contributed by atoms with van der Waals surface area (Å²) in [6.45, 7) is 1.75. The normalized spacial score (nSPS) is 11.4. The molecule has 0 aliphatic carbocycles. The average molecular weight is 475 g/mol. The van der Waals surface area contributed by atoms with Crippen molar-refractivity contribution in [3.05, 3.63) is 102 Å². The molecule has 0 aliphatic rings. The van der Waals surface area contributed by atoms with E-state index >= 15 is 0 Å². The molecular formula is C28H26O5S. The van der Waals surface area contributed by atoms with E-state index in [9.17, 15) is 18.6 Å². The molecule has 0 atom stereocenters. The second-order valence-electron chi connectivity index (χ2n) is 8.04. The van der Waals surface area contributed by atoms with E-state index in [2.05, 4.69) is 0 Å². The summed E-state index contributed by atoms with van der Waals surface area (Å²) >= 11 is 0. The molecule has 174 valence electrons. The van der Waals surface area contributed by atoms with Gasteiger partial charge in [-0.05, 0) is 82.8 Å². The van der Waals surface area contributed by atoms with E-state index in [1.54, 1.807) is 61.7 Å². The first-order valence-corrected chi connectivity index (χ1v) is 12.3. The zero-order valence-corrected chi connectivity index (χ0v) is 19.8. The van der Waals surface area contributed by atoms with Crippen LogP contribution in [0.15, 0.2) is 94.7 Å². The van der Waals surface area contributed by atoms with Crippen molar-refractivity contribution < 1.29 is 23.4 Å². The van der Waals surface area contributed by atoms with E-state index < -0.39 is 9.84 Å². The summed E-state index contributed by atoms with van der Waals surface area (Å²) in [6, 6.07) is 24.8. The first kappa shape index (κ1) is 23.7. The van der Waals surface area contributed by atoms with Crippen LogP contribution in [0.4, 0.5) is 0 Å². The Kier molecular flexibility index (Phi) is 6.84. The minimum atomic E-state index is -3.68. The molecule has 4 aromatic carbocycles. The van der Waals surface area contributed by atoms with Crippen molar-refractivity contribution in [1.82, 2.24) is 0 Å². The molecule has 4 rings (SSSR count). The van der Waals surface area contributed by atoms with Gasteiger partial charge in [0.2, 0.25) is 9.84 Å². The SMILES string of the molecule is COc1ccc(-c2ccc(S(=O)(=O)c3ccc(-c4ccc(C)c(CO)c4)cc3)cc2)cc1CO. The number of aryl methyl sites for hydroxylation is 1. The fourth-order valence-corrected chi connectivity index (χ4v) is 5.15. The van der Waals surface area contributed by atoms with Gasteiger partial charge in [-0.2, -0.15) is 0 Å². The molecule has 6 heteroatoms. The monoisotopic (exact) mass is 474 g/mol. The highest BCUT2D eigenvalue weighted by Crippen LogP contribution is 2.30. The quantitative estimate of drug-likeness (QED) is 0.387. The maximum absolute atomic E-state index is 13.2. The Morgan fingerprint density at radius 1 is 0.647 bits per heavy atom. The number of aliphatic hydroxyl groups excluding tert-OH is 2. The number of methoxy groups -OCH3 is 1. The summed E-state index contributed by atoms with van der Waals surface area (Å²) in [4.78, 5) is 0.420. The molecule has 0 spiro atoms. The van der Waals surface area contributed by atoms with Crippen LogP contribution >= 0.6 is 0 Å². The average Bonchev–Trinajstić information content (AvgIpc) is 2.88. The lowest BCUT2D eigenvalue weighted by molar-refractivity contribution is 0.274. The summed E-state index contributed by atoms with van der Waals surface area (Å²) in [6.07, 6.45) is 0. The van der Waals surface area contributed by atoms with Crippen molar-refractivity contribution in [3.8, 4) is 28.0 Å². The summed E-state index contributed by atoms with van der Waals surface area (Å²) in [5.74, 6) is 0.604. The third-order valence-electron chi connectivity index (χ3n) is 5.97. The number of aliphatic hydroxyl groups is 2. The predicted molar refractivity (Wildman–Crippen MR) is 132 cm³/mol. The maximum atomic E-state index is 13.2. The van der Waals surface area contributed by atoms with E-state index in [-0.39, 0.29) is 23.0 Å². The van der Waals surface area contributed by atoms with E-state index in [0.717, 1.165) is 33.4 Å². The van der Waals surface area contributed by atoms with Gasteiger partial charge in [0, 0.05) is 5.56 Å². The van der Waals surface area contributed by atoms with Crippen molar-refractivity contribution >= 4 is 9.84 Å². The molecule has 4 aromatic rings. The Labute approximate surface area is 199 Å². The van der Waals surface area contributed by atoms with Crippen LogP contribution in [0.1, 0.15) is 16.7 Å². The van der Waals surface area contributed by atoms with Crippen LogP contribution in [-0.2, 0) is 23.1 Å². The highest BCUT2D eigenvalue weighted by Gasteiger charge is 2.18. The van der Waals surface area contributed by atoms with E-state index in [4.69, 9.17) is 4.74 Å². The third-order valence-corrected chi connectivity index (χ3v) is 7.75. The van der Waals surface area contributed by atoms with Crippen LogP contribution in [0.25, 0.3) is 22.3 Å². The zero-order valence-electron chi connectivity index (χ0n) is 19.0. The number of ether oxygens (including phenoxy) is 1. The Bertz CT molecular complexity index is 1410. The molecular weight excluding hydrogens is 448 g/mol. The van der Waals surface area contributed by atoms with Crippen molar-refractivity contribution in [1.29, 1.82) is 0 Å². The van der Waals surface area contributed by atoms with Gasteiger partial charge in [-0.1, -0.05) is 42.5 Å². The van der Waals surface area contributed by atoms with E-state index in [1.807, 2.05) is 37.3 Å². The standard InChI is InChI=1S/C28H26O5S/c1-19-3-4-22(15-24(19)17-29)20-5-10-26(11-6-20)34(31,32)27-12-7-21(8-13-27)23-9-14-28(33-2)25(16-23)18-30/h3-16,29-30H,17-18H2,1-2H3. The minimum Gasteiger partial charge on any atom is -0.496 e. The number of hydrogen-bond acceptors (Lipinski definition) is 5. The number of sulfone groups is 1. The lowest BCUT2D eigenvalue weighted by Crippen LogP contribution is -2.02. The van der Waals surface area contributed by atoms with E-state index in [1.165, 1.54) is 0 Å². The zero-order chi connectivity index (χ0) is 24.3. The summed E-state index contributed by atoms with van der Waals surface area (Å²) in [7, 11) is -2.13. The highest BCUT2D eigenvalue weighted by molar-refractivity contribution is 7.91. The topological polar surface area (TPSA) is 83.8 Å². The van der Waals surface area contributed by atoms with Gasteiger partial charge in [-0.15, -0.1) is 0 Å². The van der Waals surface area contributed by atoms with E-state index in [0.29, 0.717) is 11.3 Å². The van der Waals surface area contributed by atoms with Gasteiger partial charge in [0.1, 0.15) is 5.75 Å². The lowest BCUT2D eigenvalue weighted by atomic mass is 10.0. The Morgan fingerprint density at radius 2 is 1.09 bits per heavy atom. The summed E-state index contributed by atoms with van der Waals surface area (Å²) in [5.41, 5.74) is 6.02. The van der Waals surface area contributed by atoms with Crippen molar-refractivity contribution in [2.45, 2.75) is 29.9 Å². The number of rotatable bonds is 7. The van der Waals surface area contributed by atoms with Gasteiger partial charge < -0.3 is 14.9 Å². The van der Waals surface area contributed by atoms with Gasteiger partial charge in [-0.3, -0.25) is 0 Å². The van der Waals surface area contributed by atoms with Gasteiger partial charge in [0.15, 0.2) is 0 Å². The van der Waals surface area contributed by atoms with Crippen LogP contribution < -0.4 is 4.74 Å². The Hall–Kier alpha value is -3.45. The molecule has 2 N–H and O–H groups in total. The second-order valence-corrected chi connectivity index (χ2v) is 9.99. The molecule has 0 heterocycles. The summed E-state index contributed by atoms with van der Waals surface area (Å²) in [5, 5.41) is 19.1. The second kappa shape index (κ2) is 9.81. The molecule has 0 bridgehead atoms. The molecule has 0 saturated carbocycles. The number of benzene rings is 4.